The molecule has 0 aliphatic heterocycles. The molecule has 1 N–H and O–H groups in total. The fourth-order valence-corrected chi connectivity index (χ4v) is 12.4. The van der Waals surface area contributed by atoms with E-state index in [9.17, 15) is 24.8 Å². The maximum Gasteiger partial charge on any atom is 0.309 e. The van der Waals surface area contributed by atoms with Gasteiger partial charge in [-0.1, -0.05) is 58.9 Å². The van der Waals surface area contributed by atoms with Gasteiger partial charge in [-0.15, -0.1) is 0 Å². The van der Waals surface area contributed by atoms with Crippen LogP contribution in [0, 0.1) is 66.8 Å². The standard InChI is InChI=1S/C37H49NO5/c1-22(2)26-13-16-37(32(40)41)18-17-35(6)27(30(26)37)11-12-29-34(5)21-24(19-23-9-8-10-25(20-23)38(42)43)31(39)33(3,4)28(34)14-15-36(29,35)7/h8-10,19-20,26-30H,1,11-18,21H2,2-7H3,(H,40,41)/b24-19-/t26?,27-,28?,29-,30?,34+,35-,36-,37+/m1/s1. The lowest BCUT2D eigenvalue weighted by atomic mass is 9.32. The smallest absolute Gasteiger partial charge is 0.309 e. The predicted molar refractivity (Wildman–Crippen MR) is 168 cm³/mol. The summed E-state index contributed by atoms with van der Waals surface area (Å²) in [6.45, 7) is 18.1. The number of carboxylic acid groups (broad SMARTS) is 1. The van der Waals surface area contributed by atoms with Crippen LogP contribution in [0.15, 0.2) is 42.0 Å². The molecule has 6 nitrogen and oxygen atoms in total. The minimum absolute atomic E-state index is 0.0150. The summed E-state index contributed by atoms with van der Waals surface area (Å²) in [5.74, 6) is 0.980. The first-order chi connectivity index (χ1) is 20.0. The molecule has 3 unspecified atom stereocenters. The highest BCUT2D eigenvalue weighted by molar-refractivity contribution is 6.04. The number of rotatable bonds is 4. The summed E-state index contributed by atoms with van der Waals surface area (Å²) >= 11 is 0. The normalized spacial score (nSPS) is 44.1. The Morgan fingerprint density at radius 3 is 2.37 bits per heavy atom. The van der Waals surface area contributed by atoms with Gasteiger partial charge in [0.25, 0.3) is 5.69 Å². The molecule has 0 heterocycles. The number of carbonyl (C=O) groups excluding carboxylic acids is 1. The number of benzene rings is 1. The molecule has 0 aromatic heterocycles. The molecule has 0 spiro atoms. The largest absolute Gasteiger partial charge is 0.481 e. The SMILES string of the molecule is C=C(C)C1CC[C@]2(C(=O)O)CC[C@]3(C)[C@H](CC[C@@H]4[C@@]5(C)C/C(=C/c6cccc([N+](=O)[O-])c6)C(=O)C(C)(C)C5CC[C@]43C)C12. The van der Waals surface area contributed by atoms with E-state index in [1.165, 1.54) is 6.07 Å². The van der Waals surface area contributed by atoms with E-state index in [0.717, 1.165) is 62.5 Å². The number of carbonyl (C=O) groups is 2. The Morgan fingerprint density at radius 1 is 1.00 bits per heavy atom. The molecule has 0 radical (unpaired) electrons. The molecule has 43 heavy (non-hydrogen) atoms. The Labute approximate surface area is 256 Å². The molecule has 5 saturated carbocycles. The molecule has 232 valence electrons. The van der Waals surface area contributed by atoms with Gasteiger partial charge in [-0.25, -0.2) is 0 Å². The summed E-state index contributed by atoms with van der Waals surface area (Å²) in [6, 6.07) is 6.59. The quantitative estimate of drug-likeness (QED) is 0.164. The second-order valence-electron chi connectivity index (χ2n) is 16.4. The molecule has 9 atom stereocenters. The van der Waals surface area contributed by atoms with Gasteiger partial charge in [0.05, 0.1) is 10.3 Å². The Morgan fingerprint density at radius 2 is 1.72 bits per heavy atom. The lowest BCUT2D eigenvalue weighted by Crippen LogP contribution is -2.67. The number of hydrogen-bond donors (Lipinski definition) is 1. The predicted octanol–water partition coefficient (Wildman–Crippen LogP) is 8.90. The molecular weight excluding hydrogens is 538 g/mol. The number of aliphatic carboxylic acids is 1. The highest BCUT2D eigenvalue weighted by Crippen LogP contribution is 2.77. The van der Waals surface area contributed by atoms with Crippen molar-refractivity contribution in [2.24, 2.45) is 56.7 Å². The third-order valence-corrected chi connectivity index (χ3v) is 14.5. The molecular formula is C37H49NO5. The third-order valence-electron chi connectivity index (χ3n) is 14.5. The molecule has 5 fully saturated rings. The highest BCUT2D eigenvalue weighted by Gasteiger charge is 2.72. The molecule has 5 aliphatic carbocycles. The zero-order valence-electron chi connectivity index (χ0n) is 26.9. The minimum Gasteiger partial charge on any atom is -0.481 e. The summed E-state index contributed by atoms with van der Waals surface area (Å²) in [6.07, 6.45) is 10.1. The molecule has 0 bridgehead atoms. The zero-order chi connectivity index (χ0) is 31.3. The summed E-state index contributed by atoms with van der Waals surface area (Å²) in [5.41, 5.74) is 1.45. The van der Waals surface area contributed by atoms with E-state index in [2.05, 4.69) is 48.1 Å². The first kappa shape index (κ1) is 30.3. The number of carboxylic acids is 1. The van der Waals surface area contributed by atoms with Crippen molar-refractivity contribution in [3.8, 4) is 0 Å². The second kappa shape index (κ2) is 9.62. The van der Waals surface area contributed by atoms with Crippen LogP contribution in [0.4, 0.5) is 5.69 Å². The van der Waals surface area contributed by atoms with Crippen LogP contribution < -0.4 is 0 Å². The van der Waals surface area contributed by atoms with Crippen molar-refractivity contribution in [1.29, 1.82) is 0 Å². The van der Waals surface area contributed by atoms with Gasteiger partial charge in [0.15, 0.2) is 5.78 Å². The minimum atomic E-state index is -0.633. The van der Waals surface area contributed by atoms with E-state index in [4.69, 9.17) is 0 Å². The monoisotopic (exact) mass is 587 g/mol. The van der Waals surface area contributed by atoms with Gasteiger partial charge in [-0.05, 0) is 128 Å². The highest BCUT2D eigenvalue weighted by atomic mass is 16.6. The van der Waals surface area contributed by atoms with Crippen LogP contribution in [0.5, 0.6) is 0 Å². The van der Waals surface area contributed by atoms with E-state index < -0.39 is 16.8 Å². The van der Waals surface area contributed by atoms with E-state index >= 15 is 0 Å². The fourth-order valence-electron chi connectivity index (χ4n) is 12.4. The molecule has 0 saturated heterocycles. The Balaban J connectivity index is 1.41. The Hall–Kier alpha value is -2.76. The van der Waals surface area contributed by atoms with Crippen LogP contribution in [0.25, 0.3) is 6.08 Å². The number of fused-ring (bicyclic) bond motifs is 7. The van der Waals surface area contributed by atoms with E-state index in [1.54, 1.807) is 12.1 Å². The van der Waals surface area contributed by atoms with Crippen molar-refractivity contribution < 1.29 is 19.6 Å². The van der Waals surface area contributed by atoms with E-state index in [1.807, 2.05) is 12.1 Å². The summed E-state index contributed by atoms with van der Waals surface area (Å²) < 4.78 is 0. The van der Waals surface area contributed by atoms with Gasteiger partial charge in [-0.3, -0.25) is 19.7 Å². The van der Waals surface area contributed by atoms with Crippen molar-refractivity contribution in [2.75, 3.05) is 0 Å². The van der Waals surface area contributed by atoms with Gasteiger partial charge >= 0.3 is 5.97 Å². The summed E-state index contributed by atoms with van der Waals surface area (Å²) in [7, 11) is 0. The number of hydrogen-bond acceptors (Lipinski definition) is 4. The lowest BCUT2D eigenvalue weighted by Gasteiger charge is -2.72. The lowest BCUT2D eigenvalue weighted by molar-refractivity contribution is -0.384. The van der Waals surface area contributed by atoms with Crippen molar-refractivity contribution >= 4 is 23.5 Å². The van der Waals surface area contributed by atoms with Crippen LogP contribution in [-0.4, -0.2) is 21.8 Å². The third kappa shape index (κ3) is 3.96. The zero-order valence-corrected chi connectivity index (χ0v) is 26.9. The summed E-state index contributed by atoms with van der Waals surface area (Å²) in [4.78, 5) is 38.1. The maximum absolute atomic E-state index is 14.1. The van der Waals surface area contributed by atoms with Crippen molar-refractivity contribution in [1.82, 2.24) is 0 Å². The molecule has 0 amide bonds. The van der Waals surface area contributed by atoms with Crippen molar-refractivity contribution in [3.63, 3.8) is 0 Å². The van der Waals surface area contributed by atoms with Gasteiger partial charge in [0, 0.05) is 17.5 Å². The number of ketones is 1. The number of allylic oxidation sites excluding steroid dienone is 2. The second-order valence-corrected chi connectivity index (χ2v) is 16.4. The van der Waals surface area contributed by atoms with Crippen LogP contribution >= 0.6 is 0 Å². The number of nitro groups is 1. The fraction of sp³-hybridized carbons (Fsp3) is 0.676. The molecule has 5 aliphatic rings. The Bertz CT molecular complexity index is 1440. The van der Waals surface area contributed by atoms with Gasteiger partial charge < -0.3 is 5.11 Å². The van der Waals surface area contributed by atoms with Gasteiger partial charge in [-0.2, -0.15) is 0 Å². The van der Waals surface area contributed by atoms with E-state index in [-0.39, 0.29) is 50.4 Å². The molecule has 1 aromatic carbocycles. The van der Waals surface area contributed by atoms with Crippen molar-refractivity contribution in [3.05, 3.63) is 57.7 Å². The van der Waals surface area contributed by atoms with Crippen LogP contribution in [0.3, 0.4) is 0 Å². The summed E-state index contributed by atoms with van der Waals surface area (Å²) in [5, 5.41) is 22.1. The topological polar surface area (TPSA) is 97.5 Å². The number of nitro benzene ring substituents is 1. The average molecular weight is 588 g/mol. The Kier molecular flexibility index (Phi) is 6.77. The number of non-ortho nitro benzene ring substituents is 1. The average Bonchev–Trinajstić information content (AvgIpc) is 3.34. The van der Waals surface area contributed by atoms with Crippen LogP contribution in [0.2, 0.25) is 0 Å². The van der Waals surface area contributed by atoms with E-state index in [0.29, 0.717) is 23.8 Å². The van der Waals surface area contributed by atoms with Crippen LogP contribution in [-0.2, 0) is 9.59 Å². The maximum atomic E-state index is 14.1. The molecule has 6 heteroatoms. The van der Waals surface area contributed by atoms with Gasteiger partial charge in [0.1, 0.15) is 0 Å². The first-order valence-electron chi connectivity index (χ1n) is 16.4. The van der Waals surface area contributed by atoms with Gasteiger partial charge in [0.2, 0.25) is 0 Å². The number of Topliss-reactive ketones (excluding diaryl/α,β-unsaturated/α-hetero) is 1. The molecule has 1 aromatic rings. The molecule has 6 rings (SSSR count). The van der Waals surface area contributed by atoms with Crippen LogP contribution in [0.1, 0.15) is 105 Å². The van der Waals surface area contributed by atoms with Crippen molar-refractivity contribution in [2.45, 2.75) is 99.3 Å². The number of nitrogens with zero attached hydrogens (tertiary/aromatic N) is 1. The first-order valence-corrected chi connectivity index (χ1v) is 16.4.